The fraction of sp³-hybridized carbons (Fsp3) is 0.462. The maximum Gasteiger partial charge on any atom is 0.341 e. The number of esters is 1. The van der Waals surface area contributed by atoms with E-state index in [0.717, 1.165) is 5.69 Å². The average molecular weight is 250 g/mol. The van der Waals surface area contributed by atoms with Crippen molar-refractivity contribution in [3.8, 4) is 5.75 Å². The number of methoxy groups -OCH3 is 1. The summed E-state index contributed by atoms with van der Waals surface area (Å²) in [6.45, 7) is 2.45. The number of fused-ring (bicyclic) bond motifs is 1. The first-order chi connectivity index (χ1) is 8.60. The largest absolute Gasteiger partial charge is 0.484 e. The van der Waals surface area contributed by atoms with Crippen molar-refractivity contribution in [3.63, 3.8) is 0 Å². The molecule has 0 bridgehead atoms. The topological polar surface area (TPSA) is 64.8 Å². The third kappa shape index (κ3) is 1.90. The normalized spacial score (nSPS) is 22.1. The van der Waals surface area contributed by atoms with Gasteiger partial charge >= 0.3 is 5.97 Å². The fourth-order valence-corrected chi connectivity index (χ4v) is 2.16. The van der Waals surface area contributed by atoms with Crippen LogP contribution in [0.5, 0.6) is 5.75 Å². The molecule has 0 fully saturated rings. The molecule has 2 N–H and O–H groups in total. The van der Waals surface area contributed by atoms with E-state index in [1.54, 1.807) is 6.07 Å². The molecule has 0 amide bonds. The van der Waals surface area contributed by atoms with Crippen LogP contribution in [0.25, 0.3) is 0 Å². The molecule has 5 nitrogen and oxygen atoms in total. The van der Waals surface area contributed by atoms with E-state index in [1.165, 1.54) is 7.11 Å². The molecule has 0 saturated heterocycles. The smallest absolute Gasteiger partial charge is 0.341 e. The van der Waals surface area contributed by atoms with Gasteiger partial charge in [0.25, 0.3) is 0 Å². The number of carbonyl (C=O) groups is 1. The van der Waals surface area contributed by atoms with Gasteiger partial charge in [0, 0.05) is 13.6 Å². The third-order valence-corrected chi connectivity index (χ3v) is 3.43. The van der Waals surface area contributed by atoms with Crippen LogP contribution in [0.1, 0.15) is 17.3 Å². The minimum Gasteiger partial charge on any atom is -0.484 e. The second-order valence-corrected chi connectivity index (χ2v) is 4.39. The lowest BCUT2D eigenvalue weighted by atomic mass is 10.0. The highest BCUT2D eigenvalue weighted by Crippen LogP contribution is 2.38. The summed E-state index contributed by atoms with van der Waals surface area (Å²) in [6, 6.07) is 5.60. The molecule has 1 aliphatic heterocycles. The SMILES string of the molecule is COC(=O)c1cccc2c1OC(CN)C(C)N2C. The van der Waals surface area contributed by atoms with Crippen molar-refractivity contribution >= 4 is 11.7 Å². The molecule has 1 heterocycles. The molecule has 5 heteroatoms. The number of nitrogens with two attached hydrogens (primary N) is 1. The molecule has 0 saturated carbocycles. The predicted octanol–water partition coefficient (Wildman–Crippen LogP) is 1.02. The van der Waals surface area contributed by atoms with E-state index in [1.807, 2.05) is 26.1 Å². The quantitative estimate of drug-likeness (QED) is 0.794. The van der Waals surface area contributed by atoms with E-state index in [4.69, 9.17) is 15.2 Å². The molecule has 1 aromatic carbocycles. The maximum atomic E-state index is 11.7. The highest BCUT2D eigenvalue weighted by Gasteiger charge is 2.32. The lowest BCUT2D eigenvalue weighted by Gasteiger charge is -2.39. The van der Waals surface area contributed by atoms with Gasteiger partial charge < -0.3 is 20.1 Å². The summed E-state index contributed by atoms with van der Waals surface area (Å²) in [4.78, 5) is 13.8. The van der Waals surface area contributed by atoms with Crippen LogP contribution < -0.4 is 15.4 Å². The first kappa shape index (κ1) is 12.7. The van der Waals surface area contributed by atoms with E-state index in [2.05, 4.69) is 4.90 Å². The number of ether oxygens (including phenoxy) is 2. The molecule has 0 spiro atoms. The van der Waals surface area contributed by atoms with Gasteiger partial charge in [-0.2, -0.15) is 0 Å². The van der Waals surface area contributed by atoms with Gasteiger partial charge in [0.05, 0.1) is 18.8 Å². The molecule has 98 valence electrons. The zero-order valence-corrected chi connectivity index (χ0v) is 10.8. The molecule has 18 heavy (non-hydrogen) atoms. The Kier molecular flexibility index (Phi) is 3.43. The van der Waals surface area contributed by atoms with E-state index in [-0.39, 0.29) is 12.1 Å². The Morgan fingerprint density at radius 2 is 2.28 bits per heavy atom. The first-order valence-electron chi connectivity index (χ1n) is 5.91. The molecule has 2 rings (SSSR count). The van der Waals surface area contributed by atoms with Gasteiger partial charge in [0.2, 0.25) is 0 Å². The maximum absolute atomic E-state index is 11.7. The van der Waals surface area contributed by atoms with Crippen molar-refractivity contribution in [1.29, 1.82) is 0 Å². The van der Waals surface area contributed by atoms with Crippen molar-refractivity contribution in [3.05, 3.63) is 23.8 Å². The molecular formula is C13H18N2O3. The summed E-state index contributed by atoms with van der Waals surface area (Å²) in [6.07, 6.45) is -0.131. The molecule has 0 aromatic heterocycles. The lowest BCUT2D eigenvalue weighted by Crippen LogP contribution is -2.49. The van der Waals surface area contributed by atoms with Gasteiger partial charge in [-0.1, -0.05) is 6.07 Å². The summed E-state index contributed by atoms with van der Waals surface area (Å²) in [5.41, 5.74) is 7.03. The molecular weight excluding hydrogens is 232 g/mol. The predicted molar refractivity (Wildman–Crippen MR) is 69.1 cm³/mol. The fourth-order valence-electron chi connectivity index (χ4n) is 2.16. The van der Waals surface area contributed by atoms with E-state index >= 15 is 0 Å². The van der Waals surface area contributed by atoms with Gasteiger partial charge in [0.15, 0.2) is 5.75 Å². The second kappa shape index (κ2) is 4.86. The second-order valence-electron chi connectivity index (χ2n) is 4.39. The Morgan fingerprint density at radius 1 is 1.56 bits per heavy atom. The van der Waals surface area contributed by atoms with E-state index in [0.29, 0.717) is 17.9 Å². The van der Waals surface area contributed by atoms with Crippen LogP contribution >= 0.6 is 0 Å². The van der Waals surface area contributed by atoms with Crippen LogP contribution in [-0.2, 0) is 4.74 Å². The number of nitrogens with zero attached hydrogens (tertiary/aromatic N) is 1. The van der Waals surface area contributed by atoms with Gasteiger partial charge in [0.1, 0.15) is 11.7 Å². The number of carbonyl (C=O) groups excluding carboxylic acids is 1. The summed E-state index contributed by atoms with van der Waals surface area (Å²) < 4.78 is 10.6. The molecule has 0 aliphatic carbocycles. The van der Waals surface area contributed by atoms with Crippen LogP contribution in [0, 0.1) is 0 Å². The molecule has 2 unspecified atom stereocenters. The number of likely N-dealkylation sites (N-methyl/N-ethyl adjacent to an activating group) is 1. The Bertz CT molecular complexity index is 462. The number of benzene rings is 1. The van der Waals surface area contributed by atoms with Gasteiger partial charge in [-0.3, -0.25) is 0 Å². The lowest BCUT2D eigenvalue weighted by molar-refractivity contribution is 0.0590. The highest BCUT2D eigenvalue weighted by molar-refractivity contribution is 5.95. The van der Waals surface area contributed by atoms with Gasteiger partial charge in [-0.05, 0) is 19.1 Å². The number of anilines is 1. The number of para-hydroxylation sites is 1. The molecule has 2 atom stereocenters. The molecule has 1 aromatic rings. The Morgan fingerprint density at radius 3 is 2.89 bits per heavy atom. The number of hydrogen-bond donors (Lipinski definition) is 1. The monoisotopic (exact) mass is 250 g/mol. The molecule has 0 radical (unpaired) electrons. The average Bonchev–Trinajstić information content (AvgIpc) is 2.41. The number of rotatable bonds is 2. The Labute approximate surface area is 106 Å². The third-order valence-electron chi connectivity index (χ3n) is 3.43. The van der Waals surface area contributed by atoms with E-state index in [9.17, 15) is 4.79 Å². The highest BCUT2D eigenvalue weighted by atomic mass is 16.5. The zero-order chi connectivity index (χ0) is 13.3. The van der Waals surface area contributed by atoms with E-state index < -0.39 is 5.97 Å². The van der Waals surface area contributed by atoms with Crippen molar-refractivity contribution in [1.82, 2.24) is 0 Å². The Hall–Kier alpha value is -1.75. The first-order valence-corrected chi connectivity index (χ1v) is 5.91. The summed E-state index contributed by atoms with van der Waals surface area (Å²) >= 11 is 0. The minimum absolute atomic E-state index is 0.131. The van der Waals surface area contributed by atoms with Crippen molar-refractivity contribution in [2.75, 3.05) is 25.6 Å². The van der Waals surface area contributed by atoms with Crippen molar-refractivity contribution < 1.29 is 14.3 Å². The summed E-state index contributed by atoms with van der Waals surface area (Å²) in [5.74, 6) is 0.158. The van der Waals surface area contributed by atoms with Crippen LogP contribution in [0.2, 0.25) is 0 Å². The summed E-state index contributed by atoms with van der Waals surface area (Å²) in [5, 5.41) is 0. The van der Waals surface area contributed by atoms with Crippen molar-refractivity contribution in [2.24, 2.45) is 5.73 Å². The van der Waals surface area contributed by atoms with Gasteiger partial charge in [-0.25, -0.2) is 4.79 Å². The van der Waals surface area contributed by atoms with Crippen molar-refractivity contribution in [2.45, 2.75) is 19.1 Å². The molecule has 1 aliphatic rings. The van der Waals surface area contributed by atoms with Crippen LogP contribution in [0.15, 0.2) is 18.2 Å². The van der Waals surface area contributed by atoms with Crippen LogP contribution in [0.4, 0.5) is 5.69 Å². The zero-order valence-electron chi connectivity index (χ0n) is 10.8. The van der Waals surface area contributed by atoms with Crippen LogP contribution in [-0.4, -0.2) is 38.8 Å². The Balaban J connectivity index is 2.49. The summed E-state index contributed by atoms with van der Waals surface area (Å²) in [7, 11) is 3.33. The van der Waals surface area contributed by atoms with Gasteiger partial charge in [-0.15, -0.1) is 0 Å². The minimum atomic E-state index is -0.398. The van der Waals surface area contributed by atoms with Crippen LogP contribution in [0.3, 0.4) is 0 Å². The number of hydrogen-bond acceptors (Lipinski definition) is 5. The standard InChI is InChI=1S/C13H18N2O3/c1-8-11(7-14)18-12-9(13(16)17-3)5-4-6-10(12)15(8)2/h4-6,8,11H,7,14H2,1-3H3.